The van der Waals surface area contributed by atoms with Gasteiger partial charge in [-0.15, -0.1) is 0 Å². The SMILES string of the molecule is Cc1cc(C)c(N=C2C(N3CCCCC3)C3(CCCCC3)C(=O)N2c2ccccc2)c(C)c1. The van der Waals surface area contributed by atoms with Gasteiger partial charge in [0, 0.05) is 0 Å². The van der Waals surface area contributed by atoms with Crippen LogP contribution in [0.3, 0.4) is 0 Å². The summed E-state index contributed by atoms with van der Waals surface area (Å²) in [5.41, 5.74) is 5.25. The number of hydrogen-bond acceptors (Lipinski definition) is 3. The standard InChI is InChI=1S/C29H37N3O/c1-21-19-22(2)25(23(3)20-21)30-27-26(31-17-11-6-12-18-31)29(15-9-5-10-16-29)28(33)32(27)24-13-7-4-8-14-24/h4,7-8,13-14,19-20,26H,5-6,9-12,15-18H2,1-3H3. The van der Waals surface area contributed by atoms with Crippen molar-refractivity contribution in [3.63, 3.8) is 0 Å². The Morgan fingerprint density at radius 2 is 1.45 bits per heavy atom. The zero-order chi connectivity index (χ0) is 23.0. The number of aliphatic imine (C=N–C) groups is 1. The van der Waals surface area contributed by atoms with E-state index in [1.54, 1.807) is 0 Å². The Morgan fingerprint density at radius 3 is 2.09 bits per heavy atom. The van der Waals surface area contributed by atoms with Gasteiger partial charge in [-0.25, -0.2) is 4.99 Å². The van der Waals surface area contributed by atoms with Gasteiger partial charge in [-0.2, -0.15) is 0 Å². The van der Waals surface area contributed by atoms with E-state index in [0.717, 1.165) is 56.0 Å². The van der Waals surface area contributed by atoms with Crippen LogP contribution >= 0.6 is 0 Å². The third kappa shape index (κ3) is 3.93. The van der Waals surface area contributed by atoms with Crippen LogP contribution < -0.4 is 4.90 Å². The molecule has 2 aromatic rings. The molecular formula is C29H37N3O. The number of hydrogen-bond donors (Lipinski definition) is 0. The van der Waals surface area contributed by atoms with Crippen molar-refractivity contribution < 1.29 is 4.79 Å². The molecule has 0 bridgehead atoms. The first-order valence-corrected chi connectivity index (χ1v) is 12.8. The molecule has 2 aliphatic heterocycles. The number of amides is 1. The monoisotopic (exact) mass is 443 g/mol. The fourth-order valence-electron chi connectivity index (χ4n) is 6.57. The van der Waals surface area contributed by atoms with Crippen LogP contribution in [0.15, 0.2) is 47.5 Å². The molecule has 0 aromatic heterocycles. The van der Waals surface area contributed by atoms with Gasteiger partial charge >= 0.3 is 0 Å². The van der Waals surface area contributed by atoms with E-state index in [-0.39, 0.29) is 17.4 Å². The topological polar surface area (TPSA) is 35.9 Å². The van der Waals surface area contributed by atoms with E-state index in [0.29, 0.717) is 0 Å². The van der Waals surface area contributed by atoms with Crippen molar-refractivity contribution in [1.82, 2.24) is 4.90 Å². The molecule has 3 aliphatic rings. The van der Waals surface area contributed by atoms with Gasteiger partial charge in [0.1, 0.15) is 5.84 Å². The van der Waals surface area contributed by atoms with Crippen molar-refractivity contribution in [3.8, 4) is 0 Å². The van der Waals surface area contributed by atoms with Crippen LogP contribution in [0.5, 0.6) is 0 Å². The van der Waals surface area contributed by atoms with Crippen molar-refractivity contribution in [1.29, 1.82) is 0 Å². The molecule has 3 fully saturated rings. The number of piperidine rings is 1. The minimum atomic E-state index is -0.350. The second-order valence-electron chi connectivity index (χ2n) is 10.4. The van der Waals surface area contributed by atoms with Crippen molar-refractivity contribution in [2.24, 2.45) is 10.4 Å². The molecule has 1 spiro atoms. The number of carbonyl (C=O) groups is 1. The third-order valence-corrected chi connectivity index (χ3v) is 8.00. The Labute approximate surface area is 198 Å². The van der Waals surface area contributed by atoms with E-state index < -0.39 is 0 Å². The lowest BCUT2D eigenvalue weighted by Crippen LogP contribution is -2.52. The maximum atomic E-state index is 14.4. The first-order valence-electron chi connectivity index (χ1n) is 12.8. The molecule has 1 aliphatic carbocycles. The number of para-hydroxylation sites is 1. The molecule has 0 N–H and O–H groups in total. The average molecular weight is 444 g/mol. The van der Waals surface area contributed by atoms with E-state index in [2.05, 4.69) is 49.9 Å². The highest BCUT2D eigenvalue weighted by Crippen LogP contribution is 2.50. The molecule has 2 heterocycles. The molecule has 4 heteroatoms. The Kier molecular flexibility index (Phi) is 6.13. The summed E-state index contributed by atoms with van der Waals surface area (Å²) >= 11 is 0. The van der Waals surface area contributed by atoms with Gasteiger partial charge in [0.05, 0.1) is 22.8 Å². The number of likely N-dealkylation sites (tertiary alicyclic amines) is 1. The van der Waals surface area contributed by atoms with Gasteiger partial charge in [-0.3, -0.25) is 14.6 Å². The predicted octanol–water partition coefficient (Wildman–Crippen LogP) is 6.49. The van der Waals surface area contributed by atoms with Gasteiger partial charge in [0.25, 0.3) is 0 Å². The zero-order valence-corrected chi connectivity index (χ0v) is 20.4. The number of benzene rings is 2. The van der Waals surface area contributed by atoms with Gasteiger partial charge in [-0.1, -0.05) is 61.6 Å². The molecule has 174 valence electrons. The summed E-state index contributed by atoms with van der Waals surface area (Å²) in [5, 5.41) is 0. The summed E-state index contributed by atoms with van der Waals surface area (Å²) in [6, 6.07) is 14.7. The minimum absolute atomic E-state index is 0.0610. The quantitative estimate of drug-likeness (QED) is 0.543. The molecule has 0 radical (unpaired) electrons. The molecule has 4 nitrogen and oxygen atoms in total. The second kappa shape index (κ2) is 9.06. The summed E-state index contributed by atoms with van der Waals surface area (Å²) < 4.78 is 0. The highest BCUT2D eigenvalue weighted by molar-refractivity contribution is 6.27. The Bertz CT molecular complexity index is 1020. The highest BCUT2D eigenvalue weighted by atomic mass is 16.2. The van der Waals surface area contributed by atoms with E-state index in [9.17, 15) is 4.79 Å². The van der Waals surface area contributed by atoms with Crippen LogP contribution in [0.4, 0.5) is 11.4 Å². The number of carbonyl (C=O) groups excluding carboxylic acids is 1. The fourth-order valence-corrected chi connectivity index (χ4v) is 6.57. The lowest BCUT2D eigenvalue weighted by Gasteiger charge is -2.42. The van der Waals surface area contributed by atoms with E-state index in [1.165, 1.54) is 42.4 Å². The normalized spacial score (nSPS) is 24.7. The van der Waals surface area contributed by atoms with Gasteiger partial charge in [0.2, 0.25) is 5.91 Å². The van der Waals surface area contributed by atoms with Crippen molar-refractivity contribution >= 4 is 23.1 Å². The molecule has 33 heavy (non-hydrogen) atoms. The van der Waals surface area contributed by atoms with Crippen molar-refractivity contribution in [2.75, 3.05) is 18.0 Å². The first kappa shape index (κ1) is 22.3. The molecule has 1 saturated carbocycles. The molecule has 1 unspecified atom stereocenters. The van der Waals surface area contributed by atoms with Gasteiger partial charge < -0.3 is 0 Å². The molecule has 2 saturated heterocycles. The summed E-state index contributed by atoms with van der Waals surface area (Å²) in [7, 11) is 0. The van der Waals surface area contributed by atoms with Gasteiger partial charge in [0.15, 0.2) is 0 Å². The van der Waals surface area contributed by atoms with Crippen molar-refractivity contribution in [3.05, 3.63) is 59.2 Å². The average Bonchev–Trinajstić information content (AvgIpc) is 3.05. The number of anilines is 1. The highest BCUT2D eigenvalue weighted by Gasteiger charge is 2.60. The molecule has 1 amide bonds. The van der Waals surface area contributed by atoms with E-state index in [1.807, 2.05) is 23.1 Å². The van der Waals surface area contributed by atoms with E-state index in [4.69, 9.17) is 4.99 Å². The zero-order valence-electron chi connectivity index (χ0n) is 20.4. The fraction of sp³-hybridized carbons (Fsp3) is 0.517. The second-order valence-corrected chi connectivity index (χ2v) is 10.4. The summed E-state index contributed by atoms with van der Waals surface area (Å²) in [5.74, 6) is 1.22. The smallest absolute Gasteiger partial charge is 0.240 e. The summed E-state index contributed by atoms with van der Waals surface area (Å²) in [6.45, 7) is 8.56. The number of rotatable bonds is 3. The van der Waals surface area contributed by atoms with Crippen LogP contribution in [0, 0.1) is 26.2 Å². The largest absolute Gasteiger partial charge is 0.293 e. The third-order valence-electron chi connectivity index (χ3n) is 8.00. The number of aryl methyl sites for hydroxylation is 3. The molecule has 5 rings (SSSR count). The molecular weight excluding hydrogens is 406 g/mol. The van der Waals surface area contributed by atoms with Gasteiger partial charge in [-0.05, 0) is 82.8 Å². The maximum absolute atomic E-state index is 14.4. The van der Waals surface area contributed by atoms with Crippen LogP contribution in [0.1, 0.15) is 68.1 Å². The number of nitrogens with zero attached hydrogens (tertiary/aromatic N) is 3. The lowest BCUT2D eigenvalue weighted by molar-refractivity contribution is -0.130. The Hall–Kier alpha value is -2.46. The van der Waals surface area contributed by atoms with Crippen LogP contribution in [-0.2, 0) is 4.79 Å². The summed E-state index contributed by atoms with van der Waals surface area (Å²) in [6.07, 6.45) is 9.15. The number of amidine groups is 1. The van der Waals surface area contributed by atoms with Crippen molar-refractivity contribution in [2.45, 2.75) is 78.2 Å². The molecule has 1 atom stereocenters. The van der Waals surface area contributed by atoms with Crippen LogP contribution in [-0.4, -0.2) is 35.8 Å². The Balaban J connectivity index is 1.72. The first-order chi connectivity index (χ1) is 16.0. The van der Waals surface area contributed by atoms with Crippen LogP contribution in [0.2, 0.25) is 0 Å². The van der Waals surface area contributed by atoms with Crippen LogP contribution in [0.25, 0.3) is 0 Å². The maximum Gasteiger partial charge on any atom is 0.240 e. The Morgan fingerprint density at radius 1 is 0.848 bits per heavy atom. The molecule has 2 aromatic carbocycles. The predicted molar refractivity (Wildman–Crippen MR) is 136 cm³/mol. The van der Waals surface area contributed by atoms with E-state index >= 15 is 0 Å². The minimum Gasteiger partial charge on any atom is -0.293 e. The summed E-state index contributed by atoms with van der Waals surface area (Å²) in [4.78, 5) is 24.4. The lowest BCUT2D eigenvalue weighted by atomic mass is 9.69.